The SMILES string of the molecule is CCCC(COc1ccc(C)cc1)COS(C)(=O)=O. The Morgan fingerprint density at radius 1 is 1.16 bits per heavy atom. The first-order valence-corrected chi connectivity index (χ1v) is 8.26. The molecule has 1 atom stereocenters. The number of aryl methyl sites for hydroxylation is 1. The molecule has 1 rings (SSSR count). The van der Waals surface area contributed by atoms with Crippen LogP contribution in [0, 0.1) is 12.8 Å². The van der Waals surface area contributed by atoms with E-state index in [0.717, 1.165) is 24.8 Å². The fourth-order valence-corrected chi connectivity index (χ4v) is 2.13. The average molecular weight is 286 g/mol. The van der Waals surface area contributed by atoms with E-state index in [1.165, 1.54) is 5.56 Å². The Kier molecular flexibility index (Phi) is 6.31. The van der Waals surface area contributed by atoms with E-state index in [1.54, 1.807) is 0 Å². The summed E-state index contributed by atoms with van der Waals surface area (Å²) >= 11 is 0. The van der Waals surface area contributed by atoms with E-state index in [4.69, 9.17) is 8.92 Å². The molecule has 0 aliphatic rings. The topological polar surface area (TPSA) is 52.6 Å². The highest BCUT2D eigenvalue weighted by molar-refractivity contribution is 7.85. The molecule has 0 heterocycles. The summed E-state index contributed by atoms with van der Waals surface area (Å²) in [7, 11) is -3.38. The van der Waals surface area contributed by atoms with Crippen molar-refractivity contribution in [2.75, 3.05) is 19.5 Å². The second kappa shape index (κ2) is 7.50. The Morgan fingerprint density at radius 2 is 1.79 bits per heavy atom. The fourth-order valence-electron chi connectivity index (χ4n) is 1.69. The second-order valence-corrected chi connectivity index (χ2v) is 6.41. The van der Waals surface area contributed by atoms with E-state index < -0.39 is 10.1 Å². The zero-order valence-corrected chi connectivity index (χ0v) is 12.6. The highest BCUT2D eigenvalue weighted by atomic mass is 32.2. The molecule has 1 unspecified atom stereocenters. The summed E-state index contributed by atoms with van der Waals surface area (Å²) in [6.45, 7) is 4.72. The van der Waals surface area contributed by atoms with E-state index in [2.05, 4.69) is 6.92 Å². The Hall–Kier alpha value is -1.07. The zero-order chi connectivity index (χ0) is 14.3. The highest BCUT2D eigenvalue weighted by Crippen LogP contribution is 2.15. The summed E-state index contributed by atoms with van der Waals surface area (Å²) in [5.41, 5.74) is 1.18. The van der Waals surface area contributed by atoms with E-state index in [0.29, 0.717) is 6.61 Å². The van der Waals surface area contributed by atoms with E-state index in [1.807, 2.05) is 31.2 Å². The molecule has 0 fully saturated rings. The van der Waals surface area contributed by atoms with Gasteiger partial charge in [-0.2, -0.15) is 8.42 Å². The Bertz CT molecular complexity index is 465. The van der Waals surface area contributed by atoms with Crippen molar-refractivity contribution in [3.63, 3.8) is 0 Å². The predicted molar refractivity (Wildman–Crippen MR) is 75.9 cm³/mol. The van der Waals surface area contributed by atoms with Crippen molar-refractivity contribution in [2.45, 2.75) is 26.7 Å². The minimum absolute atomic E-state index is 0.0843. The molecule has 0 radical (unpaired) electrons. The molecule has 1 aromatic rings. The number of rotatable bonds is 8. The molecule has 0 saturated heterocycles. The first kappa shape index (κ1) is 16.0. The van der Waals surface area contributed by atoms with Gasteiger partial charge in [-0.25, -0.2) is 0 Å². The van der Waals surface area contributed by atoms with Crippen LogP contribution in [0.15, 0.2) is 24.3 Å². The molecular formula is C14H22O4S. The summed E-state index contributed by atoms with van der Waals surface area (Å²) < 4.78 is 32.5. The number of benzene rings is 1. The molecule has 108 valence electrons. The van der Waals surface area contributed by atoms with Crippen LogP contribution in [0.25, 0.3) is 0 Å². The van der Waals surface area contributed by atoms with Crippen LogP contribution in [0.3, 0.4) is 0 Å². The molecule has 0 bridgehead atoms. The lowest BCUT2D eigenvalue weighted by molar-refractivity contribution is 0.173. The van der Waals surface area contributed by atoms with Gasteiger partial charge in [0.2, 0.25) is 0 Å². The number of hydrogen-bond acceptors (Lipinski definition) is 4. The molecule has 0 aliphatic carbocycles. The predicted octanol–water partition coefficient (Wildman–Crippen LogP) is 2.77. The van der Waals surface area contributed by atoms with Crippen LogP contribution in [-0.2, 0) is 14.3 Å². The Balaban J connectivity index is 2.47. The van der Waals surface area contributed by atoms with Crippen LogP contribution in [0.5, 0.6) is 5.75 Å². The first-order chi connectivity index (χ1) is 8.90. The Morgan fingerprint density at radius 3 is 2.32 bits per heavy atom. The van der Waals surface area contributed by atoms with Gasteiger partial charge in [0.15, 0.2) is 0 Å². The monoisotopic (exact) mass is 286 g/mol. The molecular weight excluding hydrogens is 264 g/mol. The maximum Gasteiger partial charge on any atom is 0.264 e. The maximum atomic E-state index is 11.0. The van der Waals surface area contributed by atoms with Crippen LogP contribution in [-0.4, -0.2) is 27.9 Å². The van der Waals surface area contributed by atoms with Gasteiger partial charge in [-0.1, -0.05) is 31.0 Å². The van der Waals surface area contributed by atoms with Gasteiger partial charge in [-0.3, -0.25) is 4.18 Å². The van der Waals surface area contributed by atoms with E-state index in [-0.39, 0.29) is 12.5 Å². The third-order valence-corrected chi connectivity index (χ3v) is 3.29. The molecule has 1 aromatic carbocycles. The Labute approximate surface area is 115 Å². The van der Waals surface area contributed by atoms with Crippen molar-refractivity contribution < 1.29 is 17.3 Å². The molecule has 5 heteroatoms. The molecule has 0 aliphatic heterocycles. The van der Waals surface area contributed by atoms with Crippen LogP contribution in [0.4, 0.5) is 0 Å². The van der Waals surface area contributed by atoms with Gasteiger partial charge >= 0.3 is 0 Å². The molecule has 0 saturated carbocycles. The lowest BCUT2D eigenvalue weighted by Gasteiger charge is -2.16. The largest absolute Gasteiger partial charge is 0.493 e. The van der Waals surface area contributed by atoms with Crippen molar-refractivity contribution >= 4 is 10.1 Å². The molecule has 0 spiro atoms. The standard InChI is InChI=1S/C14H22O4S/c1-4-5-13(11-18-19(3,15)16)10-17-14-8-6-12(2)7-9-14/h6-9,13H,4-5,10-11H2,1-3H3. The third kappa shape index (κ3) is 7.18. The summed E-state index contributed by atoms with van der Waals surface area (Å²) in [6, 6.07) is 7.79. The summed E-state index contributed by atoms with van der Waals surface area (Å²) in [4.78, 5) is 0. The minimum Gasteiger partial charge on any atom is -0.493 e. The zero-order valence-electron chi connectivity index (χ0n) is 11.8. The van der Waals surface area contributed by atoms with Crippen molar-refractivity contribution in [3.8, 4) is 5.75 Å². The molecule has 4 nitrogen and oxygen atoms in total. The lowest BCUT2D eigenvalue weighted by Crippen LogP contribution is -2.20. The van der Waals surface area contributed by atoms with Crippen LogP contribution >= 0.6 is 0 Å². The number of hydrogen-bond donors (Lipinski definition) is 0. The van der Waals surface area contributed by atoms with Gasteiger partial charge < -0.3 is 4.74 Å². The van der Waals surface area contributed by atoms with Gasteiger partial charge in [-0.15, -0.1) is 0 Å². The second-order valence-electron chi connectivity index (χ2n) is 4.77. The summed E-state index contributed by atoms with van der Waals surface area (Å²) in [5, 5.41) is 0. The number of ether oxygens (including phenoxy) is 1. The van der Waals surface area contributed by atoms with Crippen LogP contribution in [0.1, 0.15) is 25.3 Å². The average Bonchev–Trinajstić information content (AvgIpc) is 2.34. The quantitative estimate of drug-likeness (QED) is 0.690. The third-order valence-electron chi connectivity index (χ3n) is 2.72. The summed E-state index contributed by atoms with van der Waals surface area (Å²) in [5.74, 6) is 0.882. The highest BCUT2D eigenvalue weighted by Gasteiger charge is 2.13. The van der Waals surface area contributed by atoms with E-state index >= 15 is 0 Å². The van der Waals surface area contributed by atoms with Gasteiger partial charge in [0.25, 0.3) is 10.1 Å². The van der Waals surface area contributed by atoms with Crippen LogP contribution < -0.4 is 4.74 Å². The van der Waals surface area contributed by atoms with E-state index in [9.17, 15) is 8.42 Å². The summed E-state index contributed by atoms with van der Waals surface area (Å²) in [6.07, 6.45) is 2.91. The molecule has 0 amide bonds. The first-order valence-electron chi connectivity index (χ1n) is 6.44. The normalized spacial score (nSPS) is 13.2. The smallest absolute Gasteiger partial charge is 0.264 e. The van der Waals surface area contributed by atoms with Gasteiger partial charge in [0.05, 0.1) is 19.5 Å². The molecule has 0 aromatic heterocycles. The van der Waals surface area contributed by atoms with Gasteiger partial charge in [-0.05, 0) is 25.5 Å². The van der Waals surface area contributed by atoms with Gasteiger partial charge in [0, 0.05) is 5.92 Å². The van der Waals surface area contributed by atoms with Crippen molar-refractivity contribution in [3.05, 3.63) is 29.8 Å². The maximum absolute atomic E-state index is 11.0. The van der Waals surface area contributed by atoms with Crippen molar-refractivity contribution in [1.82, 2.24) is 0 Å². The van der Waals surface area contributed by atoms with Crippen LogP contribution in [0.2, 0.25) is 0 Å². The fraction of sp³-hybridized carbons (Fsp3) is 0.571. The lowest BCUT2D eigenvalue weighted by atomic mass is 10.1. The van der Waals surface area contributed by atoms with Gasteiger partial charge in [0.1, 0.15) is 5.75 Å². The minimum atomic E-state index is -3.38. The van der Waals surface area contributed by atoms with Crippen molar-refractivity contribution in [2.24, 2.45) is 5.92 Å². The molecule has 0 N–H and O–H groups in total. The van der Waals surface area contributed by atoms with Crippen molar-refractivity contribution in [1.29, 1.82) is 0 Å². The molecule has 19 heavy (non-hydrogen) atoms.